The summed E-state index contributed by atoms with van der Waals surface area (Å²) in [6.45, 7) is 8.00. The minimum Gasteiger partial charge on any atom is -0.295 e. The maximum absolute atomic E-state index is 4.58. The Hall–Kier alpha value is -1.74. The highest BCUT2D eigenvalue weighted by Crippen LogP contribution is 2.09. The average Bonchev–Trinajstić information content (AvgIpc) is 2.38. The van der Waals surface area contributed by atoms with Crippen LogP contribution in [0, 0.1) is 13.8 Å². The fraction of sp³-hybridized carbons (Fsp3) is 0.412. The topological polar surface area (TPSA) is 29.0 Å². The van der Waals surface area contributed by atoms with Crippen molar-refractivity contribution in [2.45, 2.75) is 40.3 Å². The standard InChI is InChI=1S/C17H23N3/c1-5-15-6-7-16(18-10-15)11-20(4)12-17-9-13(2)8-14(3)19-17/h6-10H,5,11-12H2,1-4H3. The van der Waals surface area contributed by atoms with E-state index in [1.807, 2.05) is 13.1 Å². The van der Waals surface area contributed by atoms with Gasteiger partial charge in [0.1, 0.15) is 0 Å². The van der Waals surface area contributed by atoms with Gasteiger partial charge in [0.2, 0.25) is 0 Å². The number of hydrogen-bond acceptors (Lipinski definition) is 3. The van der Waals surface area contributed by atoms with Gasteiger partial charge in [-0.15, -0.1) is 0 Å². The van der Waals surface area contributed by atoms with E-state index in [1.165, 1.54) is 11.1 Å². The van der Waals surface area contributed by atoms with Crippen molar-refractivity contribution in [1.82, 2.24) is 14.9 Å². The van der Waals surface area contributed by atoms with Crippen molar-refractivity contribution in [3.05, 3.63) is 58.7 Å². The molecule has 0 saturated carbocycles. The summed E-state index contributed by atoms with van der Waals surface area (Å²) in [7, 11) is 2.11. The normalized spacial score (nSPS) is 11.1. The molecule has 2 aromatic rings. The summed E-state index contributed by atoms with van der Waals surface area (Å²) in [5.41, 5.74) is 5.86. The van der Waals surface area contributed by atoms with Crippen LogP contribution in [-0.4, -0.2) is 21.9 Å². The van der Waals surface area contributed by atoms with Gasteiger partial charge in [0.25, 0.3) is 0 Å². The second kappa shape index (κ2) is 6.62. The molecule has 0 fully saturated rings. The summed E-state index contributed by atoms with van der Waals surface area (Å²) >= 11 is 0. The molecule has 2 heterocycles. The summed E-state index contributed by atoms with van der Waals surface area (Å²) in [6, 6.07) is 8.53. The minimum atomic E-state index is 0.846. The van der Waals surface area contributed by atoms with Crippen LogP contribution in [0.25, 0.3) is 0 Å². The van der Waals surface area contributed by atoms with Gasteiger partial charge in [0, 0.05) is 25.0 Å². The summed E-state index contributed by atoms with van der Waals surface area (Å²) in [6.07, 6.45) is 3.01. The number of nitrogens with zero attached hydrogens (tertiary/aromatic N) is 3. The summed E-state index contributed by atoms with van der Waals surface area (Å²) in [4.78, 5) is 11.3. The lowest BCUT2D eigenvalue weighted by molar-refractivity contribution is 0.311. The zero-order chi connectivity index (χ0) is 14.5. The molecule has 106 valence electrons. The van der Waals surface area contributed by atoms with E-state index in [9.17, 15) is 0 Å². The van der Waals surface area contributed by atoms with Crippen LogP contribution in [0.4, 0.5) is 0 Å². The van der Waals surface area contributed by atoms with Gasteiger partial charge in [-0.3, -0.25) is 14.9 Å². The van der Waals surface area contributed by atoms with E-state index in [4.69, 9.17) is 0 Å². The first-order valence-corrected chi connectivity index (χ1v) is 7.13. The highest BCUT2D eigenvalue weighted by atomic mass is 15.1. The molecule has 0 amide bonds. The van der Waals surface area contributed by atoms with E-state index >= 15 is 0 Å². The van der Waals surface area contributed by atoms with Crippen LogP contribution in [0.3, 0.4) is 0 Å². The molecule has 0 N–H and O–H groups in total. The summed E-state index contributed by atoms with van der Waals surface area (Å²) in [5, 5.41) is 0. The Morgan fingerprint density at radius 3 is 2.40 bits per heavy atom. The Kier molecular flexibility index (Phi) is 4.85. The van der Waals surface area contributed by atoms with Crippen LogP contribution in [0.5, 0.6) is 0 Å². The molecule has 0 atom stereocenters. The SMILES string of the molecule is CCc1ccc(CN(C)Cc2cc(C)cc(C)n2)nc1. The average molecular weight is 269 g/mol. The highest BCUT2D eigenvalue weighted by molar-refractivity contribution is 5.19. The van der Waals surface area contributed by atoms with Crippen molar-refractivity contribution >= 4 is 0 Å². The maximum Gasteiger partial charge on any atom is 0.0549 e. The van der Waals surface area contributed by atoms with Crippen LogP contribution in [0.2, 0.25) is 0 Å². The Labute approximate surface area is 121 Å². The second-order valence-corrected chi connectivity index (χ2v) is 5.46. The van der Waals surface area contributed by atoms with E-state index in [-0.39, 0.29) is 0 Å². The van der Waals surface area contributed by atoms with E-state index in [2.05, 4.69) is 60.0 Å². The van der Waals surface area contributed by atoms with E-state index in [0.717, 1.165) is 36.6 Å². The van der Waals surface area contributed by atoms with Gasteiger partial charge >= 0.3 is 0 Å². The molecule has 0 aromatic carbocycles. The zero-order valence-corrected chi connectivity index (χ0v) is 12.8. The van der Waals surface area contributed by atoms with Crippen molar-refractivity contribution in [2.75, 3.05) is 7.05 Å². The van der Waals surface area contributed by atoms with Crippen molar-refractivity contribution < 1.29 is 0 Å². The lowest BCUT2D eigenvalue weighted by Crippen LogP contribution is -2.19. The van der Waals surface area contributed by atoms with Crippen LogP contribution in [-0.2, 0) is 19.5 Å². The van der Waals surface area contributed by atoms with Crippen LogP contribution in [0.1, 0.15) is 35.1 Å². The first-order valence-electron chi connectivity index (χ1n) is 7.13. The largest absolute Gasteiger partial charge is 0.295 e. The molecule has 3 nitrogen and oxygen atoms in total. The Morgan fingerprint density at radius 1 is 1.05 bits per heavy atom. The fourth-order valence-electron chi connectivity index (χ4n) is 2.37. The molecule has 0 aliphatic carbocycles. The van der Waals surface area contributed by atoms with Gasteiger partial charge in [0.05, 0.1) is 11.4 Å². The number of aromatic nitrogens is 2. The second-order valence-electron chi connectivity index (χ2n) is 5.46. The Balaban J connectivity index is 1.98. The monoisotopic (exact) mass is 269 g/mol. The van der Waals surface area contributed by atoms with Crippen molar-refractivity contribution in [2.24, 2.45) is 0 Å². The molecule has 3 heteroatoms. The number of hydrogen-bond donors (Lipinski definition) is 0. The molecule has 0 spiro atoms. The first-order chi connectivity index (χ1) is 9.56. The maximum atomic E-state index is 4.58. The van der Waals surface area contributed by atoms with Gasteiger partial charge < -0.3 is 0 Å². The smallest absolute Gasteiger partial charge is 0.0549 e. The van der Waals surface area contributed by atoms with Gasteiger partial charge in [-0.1, -0.05) is 13.0 Å². The molecule has 0 aliphatic heterocycles. The van der Waals surface area contributed by atoms with E-state index in [1.54, 1.807) is 0 Å². The van der Waals surface area contributed by atoms with Crippen LogP contribution < -0.4 is 0 Å². The van der Waals surface area contributed by atoms with E-state index in [0.29, 0.717) is 0 Å². The van der Waals surface area contributed by atoms with Gasteiger partial charge in [-0.25, -0.2) is 0 Å². The summed E-state index contributed by atoms with van der Waals surface area (Å²) < 4.78 is 0. The lowest BCUT2D eigenvalue weighted by Gasteiger charge is -2.16. The molecule has 0 unspecified atom stereocenters. The van der Waals surface area contributed by atoms with Crippen molar-refractivity contribution in [3.8, 4) is 0 Å². The van der Waals surface area contributed by atoms with Gasteiger partial charge in [-0.2, -0.15) is 0 Å². The van der Waals surface area contributed by atoms with Crippen molar-refractivity contribution in [1.29, 1.82) is 0 Å². The van der Waals surface area contributed by atoms with Crippen molar-refractivity contribution in [3.63, 3.8) is 0 Å². The van der Waals surface area contributed by atoms with Gasteiger partial charge in [-0.05, 0) is 56.6 Å². The lowest BCUT2D eigenvalue weighted by atomic mass is 10.2. The molecule has 0 bridgehead atoms. The van der Waals surface area contributed by atoms with Crippen LogP contribution in [0.15, 0.2) is 30.5 Å². The summed E-state index contributed by atoms with van der Waals surface area (Å²) in [5.74, 6) is 0. The molecular weight excluding hydrogens is 246 g/mol. The zero-order valence-electron chi connectivity index (χ0n) is 12.8. The molecule has 0 radical (unpaired) electrons. The predicted molar refractivity (Wildman–Crippen MR) is 82.5 cm³/mol. The Bertz CT molecular complexity index is 541. The molecule has 0 saturated heterocycles. The number of rotatable bonds is 5. The Morgan fingerprint density at radius 2 is 1.80 bits per heavy atom. The third-order valence-electron chi connectivity index (χ3n) is 3.31. The van der Waals surface area contributed by atoms with Gasteiger partial charge in [0.15, 0.2) is 0 Å². The molecule has 2 aromatic heterocycles. The number of aryl methyl sites for hydroxylation is 3. The minimum absolute atomic E-state index is 0.846. The first kappa shape index (κ1) is 14.7. The highest BCUT2D eigenvalue weighted by Gasteiger charge is 2.05. The molecule has 0 aliphatic rings. The van der Waals surface area contributed by atoms with Crippen LogP contribution >= 0.6 is 0 Å². The molecular formula is C17H23N3. The number of pyridine rings is 2. The molecule has 20 heavy (non-hydrogen) atoms. The predicted octanol–water partition coefficient (Wildman–Crippen LogP) is 3.29. The van der Waals surface area contributed by atoms with E-state index < -0.39 is 0 Å². The molecule has 2 rings (SSSR count). The third kappa shape index (κ3) is 4.14. The fourth-order valence-corrected chi connectivity index (χ4v) is 2.37. The third-order valence-corrected chi connectivity index (χ3v) is 3.31. The quantitative estimate of drug-likeness (QED) is 0.834.